The number of amides is 1. The smallest absolute Gasteiger partial charge is 0.408 e. The Bertz CT molecular complexity index is 1400. The minimum atomic E-state index is -3.85. The molecule has 188 valence electrons. The van der Waals surface area contributed by atoms with Crippen molar-refractivity contribution in [3.63, 3.8) is 0 Å². The van der Waals surface area contributed by atoms with Gasteiger partial charge in [-0.15, -0.1) is 0 Å². The van der Waals surface area contributed by atoms with Crippen LogP contribution < -0.4 is 16.0 Å². The second-order valence-corrected chi connectivity index (χ2v) is 10.9. The van der Waals surface area contributed by atoms with Crippen molar-refractivity contribution in [1.82, 2.24) is 8.87 Å². The number of hydrogen-bond donors (Lipinski definition) is 1. The number of carbonyl (C=O) groups excluding carboxylic acids is 1. The first-order valence-corrected chi connectivity index (χ1v) is 13.4. The van der Waals surface area contributed by atoms with Crippen molar-refractivity contribution in [3.8, 4) is 0 Å². The highest BCUT2D eigenvalue weighted by Crippen LogP contribution is 2.28. The number of fused-ring (bicyclic) bond motifs is 1. The fourth-order valence-electron chi connectivity index (χ4n) is 4.61. The summed E-state index contributed by atoms with van der Waals surface area (Å²) in [5.74, 6) is -1.20. The highest BCUT2D eigenvalue weighted by atomic mass is 32.2. The normalized spacial score (nSPS) is 17.0. The van der Waals surface area contributed by atoms with E-state index in [-0.39, 0.29) is 22.9 Å². The van der Waals surface area contributed by atoms with Crippen molar-refractivity contribution in [2.24, 2.45) is 13.0 Å². The Balaban J connectivity index is 1.49. The number of carbonyl (C=O) groups is 1. The summed E-state index contributed by atoms with van der Waals surface area (Å²) >= 11 is 0. The zero-order valence-corrected chi connectivity index (χ0v) is 21.4. The molecule has 1 aromatic heterocycles. The van der Waals surface area contributed by atoms with E-state index in [4.69, 9.17) is 4.42 Å². The van der Waals surface area contributed by atoms with Gasteiger partial charge in [0.05, 0.1) is 16.3 Å². The number of aryl methyl sites for hydroxylation is 2. The number of benzene rings is 2. The number of piperidine rings is 1. The fraction of sp³-hybridized carbons (Fsp3) is 0.440. The van der Waals surface area contributed by atoms with E-state index in [9.17, 15) is 18.0 Å². The topological polar surface area (TPSA) is 105 Å². The number of anilines is 2. The van der Waals surface area contributed by atoms with E-state index in [1.165, 1.54) is 21.0 Å². The third kappa shape index (κ3) is 4.85. The van der Waals surface area contributed by atoms with Crippen LogP contribution >= 0.6 is 0 Å². The molecular formula is C25H32N4O5S. The van der Waals surface area contributed by atoms with Gasteiger partial charge < -0.3 is 14.6 Å². The highest BCUT2D eigenvalue weighted by molar-refractivity contribution is 7.89. The van der Waals surface area contributed by atoms with Gasteiger partial charge in [0.2, 0.25) is 15.9 Å². The van der Waals surface area contributed by atoms with Gasteiger partial charge in [0.15, 0.2) is 5.58 Å². The number of aromatic nitrogens is 1. The molecule has 1 aliphatic heterocycles. The van der Waals surface area contributed by atoms with Crippen molar-refractivity contribution in [3.05, 3.63) is 52.5 Å². The Morgan fingerprint density at radius 3 is 2.60 bits per heavy atom. The van der Waals surface area contributed by atoms with Crippen LogP contribution in [0.4, 0.5) is 11.4 Å². The van der Waals surface area contributed by atoms with Crippen molar-refractivity contribution in [1.29, 1.82) is 0 Å². The Labute approximate surface area is 205 Å². The fourth-order valence-corrected chi connectivity index (χ4v) is 6.15. The molecule has 10 heteroatoms. The van der Waals surface area contributed by atoms with E-state index in [0.29, 0.717) is 24.9 Å². The molecular weight excluding hydrogens is 468 g/mol. The quantitative estimate of drug-likeness (QED) is 0.534. The van der Waals surface area contributed by atoms with Crippen molar-refractivity contribution in [2.75, 3.05) is 36.4 Å². The van der Waals surface area contributed by atoms with E-state index >= 15 is 0 Å². The van der Waals surface area contributed by atoms with Crippen molar-refractivity contribution < 1.29 is 17.6 Å². The summed E-state index contributed by atoms with van der Waals surface area (Å²) in [7, 11) is -2.28. The first-order chi connectivity index (χ1) is 16.6. The molecule has 0 radical (unpaired) electrons. The number of sulfonamides is 1. The van der Waals surface area contributed by atoms with Crippen LogP contribution in [-0.2, 0) is 21.9 Å². The van der Waals surface area contributed by atoms with Crippen LogP contribution in [0.5, 0.6) is 0 Å². The molecule has 0 spiro atoms. The lowest BCUT2D eigenvalue weighted by Gasteiger charge is -2.31. The van der Waals surface area contributed by atoms with Crippen LogP contribution in [-0.4, -0.2) is 49.4 Å². The molecule has 0 bridgehead atoms. The number of hydrogen-bond acceptors (Lipinski definition) is 6. The second-order valence-electron chi connectivity index (χ2n) is 8.92. The van der Waals surface area contributed by atoms with Crippen LogP contribution in [0.25, 0.3) is 11.1 Å². The average molecular weight is 501 g/mol. The van der Waals surface area contributed by atoms with Gasteiger partial charge in [-0.05, 0) is 69.5 Å². The maximum atomic E-state index is 13.3. The Hall–Kier alpha value is -3.11. The third-order valence-electron chi connectivity index (χ3n) is 6.75. The van der Waals surface area contributed by atoms with Gasteiger partial charge in [-0.1, -0.05) is 0 Å². The molecule has 2 heterocycles. The molecule has 1 saturated heterocycles. The van der Waals surface area contributed by atoms with E-state index in [1.807, 2.05) is 19.1 Å². The SMILES string of the molecule is CCN(CC)c1ccc(NC(=O)[C@@H]2CCCN(S(=O)(=O)c3ccc4c(c3)oc(=O)n4C)C2)c(C)c1. The van der Waals surface area contributed by atoms with Crippen LogP contribution in [0.3, 0.4) is 0 Å². The zero-order valence-electron chi connectivity index (χ0n) is 20.6. The lowest BCUT2D eigenvalue weighted by Crippen LogP contribution is -2.43. The largest absolute Gasteiger partial charge is 0.419 e. The van der Waals surface area contributed by atoms with Gasteiger partial charge in [0.25, 0.3) is 0 Å². The third-order valence-corrected chi connectivity index (χ3v) is 8.61. The maximum absolute atomic E-state index is 13.3. The maximum Gasteiger partial charge on any atom is 0.419 e. The zero-order chi connectivity index (χ0) is 25.3. The van der Waals surface area contributed by atoms with Gasteiger partial charge >= 0.3 is 5.76 Å². The first kappa shape index (κ1) is 25.0. The summed E-state index contributed by atoms with van der Waals surface area (Å²) in [6, 6.07) is 10.4. The molecule has 1 atom stereocenters. The summed E-state index contributed by atoms with van der Waals surface area (Å²) in [6.45, 7) is 8.39. The molecule has 1 amide bonds. The van der Waals surface area contributed by atoms with Gasteiger partial charge in [-0.2, -0.15) is 4.31 Å². The summed E-state index contributed by atoms with van der Waals surface area (Å²) < 4.78 is 34.5. The number of rotatable bonds is 7. The minimum absolute atomic E-state index is 0.0447. The van der Waals surface area contributed by atoms with Crippen LogP contribution in [0, 0.1) is 12.8 Å². The Morgan fingerprint density at radius 1 is 1.17 bits per heavy atom. The molecule has 3 aromatic rings. The molecule has 9 nitrogen and oxygen atoms in total. The van der Waals surface area contributed by atoms with E-state index in [0.717, 1.165) is 30.0 Å². The van der Waals surface area contributed by atoms with Gasteiger partial charge in [0, 0.05) is 50.7 Å². The second kappa shape index (κ2) is 9.87. The number of nitrogens with one attached hydrogen (secondary N) is 1. The van der Waals surface area contributed by atoms with Gasteiger partial charge in [0.1, 0.15) is 0 Å². The molecule has 4 rings (SSSR count). The lowest BCUT2D eigenvalue weighted by atomic mass is 9.98. The average Bonchev–Trinajstić information content (AvgIpc) is 3.14. The predicted molar refractivity (Wildman–Crippen MR) is 136 cm³/mol. The highest BCUT2D eigenvalue weighted by Gasteiger charge is 2.34. The van der Waals surface area contributed by atoms with E-state index < -0.39 is 21.7 Å². The first-order valence-electron chi connectivity index (χ1n) is 11.9. The summed E-state index contributed by atoms with van der Waals surface area (Å²) in [4.78, 5) is 27.1. The van der Waals surface area contributed by atoms with E-state index in [2.05, 4.69) is 30.1 Å². The van der Waals surface area contributed by atoms with E-state index in [1.54, 1.807) is 13.1 Å². The van der Waals surface area contributed by atoms with Gasteiger partial charge in [-0.3, -0.25) is 9.36 Å². The summed E-state index contributed by atoms with van der Waals surface area (Å²) in [5.41, 5.74) is 3.53. The minimum Gasteiger partial charge on any atom is -0.408 e. The van der Waals surface area contributed by atoms with Crippen LogP contribution in [0.2, 0.25) is 0 Å². The summed E-state index contributed by atoms with van der Waals surface area (Å²) in [6.07, 6.45) is 1.20. The Morgan fingerprint density at radius 2 is 1.91 bits per heavy atom. The van der Waals surface area contributed by atoms with Crippen LogP contribution in [0.1, 0.15) is 32.3 Å². The molecule has 35 heavy (non-hydrogen) atoms. The van der Waals surface area contributed by atoms with Crippen molar-refractivity contribution >= 4 is 38.4 Å². The van der Waals surface area contributed by atoms with Crippen LogP contribution in [0.15, 0.2) is 50.5 Å². The number of nitrogens with zero attached hydrogens (tertiary/aromatic N) is 3. The molecule has 2 aromatic carbocycles. The molecule has 1 aliphatic rings. The standard InChI is InChI=1S/C25H32N4O5S/c1-5-28(6-2)19-9-11-21(17(3)14-19)26-24(30)18-8-7-13-29(16-18)35(32,33)20-10-12-22-23(15-20)34-25(31)27(22)4/h9-12,14-15,18H,5-8,13,16H2,1-4H3,(H,26,30)/t18-/m1/s1. The predicted octanol–water partition coefficient (Wildman–Crippen LogP) is 3.33. The molecule has 0 saturated carbocycles. The monoisotopic (exact) mass is 500 g/mol. The summed E-state index contributed by atoms with van der Waals surface area (Å²) in [5, 5.41) is 3.00. The molecule has 1 fully saturated rings. The van der Waals surface area contributed by atoms with Crippen molar-refractivity contribution in [2.45, 2.75) is 38.5 Å². The Kier molecular flexibility index (Phi) is 7.05. The number of oxazole rings is 1. The molecule has 0 aliphatic carbocycles. The van der Waals surface area contributed by atoms with Gasteiger partial charge in [-0.25, -0.2) is 13.2 Å². The molecule has 1 N–H and O–H groups in total. The molecule has 0 unspecified atom stereocenters. The lowest BCUT2D eigenvalue weighted by molar-refractivity contribution is -0.120.